The largest absolute Gasteiger partial charge is 0.494 e. The van der Waals surface area contributed by atoms with Crippen molar-refractivity contribution in [2.75, 3.05) is 13.7 Å². The molecule has 11 heteroatoms. The second-order valence-corrected chi connectivity index (χ2v) is 8.33. The fourth-order valence-corrected chi connectivity index (χ4v) is 4.18. The van der Waals surface area contributed by atoms with E-state index in [0.717, 1.165) is 5.56 Å². The van der Waals surface area contributed by atoms with Crippen molar-refractivity contribution in [3.8, 4) is 22.9 Å². The van der Waals surface area contributed by atoms with Gasteiger partial charge in [0.2, 0.25) is 0 Å². The van der Waals surface area contributed by atoms with Crippen molar-refractivity contribution in [3.05, 3.63) is 69.7 Å². The minimum absolute atomic E-state index is 0.216. The summed E-state index contributed by atoms with van der Waals surface area (Å²) in [5.41, 5.74) is 2.35. The van der Waals surface area contributed by atoms with Crippen LogP contribution < -0.4 is 4.74 Å². The molecule has 0 bridgehead atoms. The van der Waals surface area contributed by atoms with E-state index < -0.39 is 0 Å². The lowest BCUT2D eigenvalue weighted by atomic mass is 9.99. The van der Waals surface area contributed by atoms with Gasteiger partial charge in [-0.25, -0.2) is 0 Å². The zero-order valence-electron chi connectivity index (χ0n) is 17.7. The molecule has 1 aliphatic rings. The number of ether oxygens (including phenoxy) is 1. The van der Waals surface area contributed by atoms with Gasteiger partial charge in [-0.15, -0.1) is 0 Å². The standard InChI is InChI=1S/C22H18Cl2N6O3/c1-12-10-18(30-25-7-8-26-30)14(11-16(12)24)22(31)29-9-6-17(29)20-27-21(33-28-20)13-4-3-5-15(23)19(13)32-2/h3-5,7-8,10-11,17H,6,9H2,1-2H3. The molecule has 33 heavy (non-hydrogen) atoms. The predicted octanol–water partition coefficient (Wildman–Crippen LogP) is 4.53. The van der Waals surface area contributed by atoms with E-state index in [2.05, 4.69) is 20.3 Å². The van der Waals surface area contributed by atoms with Crippen molar-refractivity contribution in [2.24, 2.45) is 0 Å². The quantitative estimate of drug-likeness (QED) is 0.410. The Labute approximate surface area is 198 Å². The number of aromatic nitrogens is 5. The molecule has 2 aromatic heterocycles. The number of carbonyl (C=O) groups is 1. The summed E-state index contributed by atoms with van der Waals surface area (Å²) in [7, 11) is 1.52. The number of benzene rings is 2. The van der Waals surface area contributed by atoms with Gasteiger partial charge in [-0.1, -0.05) is 34.4 Å². The first kappa shape index (κ1) is 21.4. The molecule has 0 N–H and O–H groups in total. The van der Waals surface area contributed by atoms with Crippen LogP contribution in [0.1, 0.15) is 34.2 Å². The monoisotopic (exact) mass is 484 g/mol. The van der Waals surface area contributed by atoms with Crippen LogP contribution in [0.4, 0.5) is 0 Å². The van der Waals surface area contributed by atoms with Gasteiger partial charge in [0.1, 0.15) is 5.75 Å². The third-order valence-electron chi connectivity index (χ3n) is 5.56. The zero-order valence-corrected chi connectivity index (χ0v) is 19.2. The average molecular weight is 485 g/mol. The first-order valence-corrected chi connectivity index (χ1v) is 10.9. The fraction of sp³-hybridized carbons (Fsp3) is 0.227. The van der Waals surface area contributed by atoms with E-state index in [4.69, 9.17) is 32.5 Å². The summed E-state index contributed by atoms with van der Waals surface area (Å²) in [5, 5.41) is 13.4. The molecule has 0 aliphatic carbocycles. The zero-order chi connectivity index (χ0) is 23.1. The second kappa shape index (κ2) is 8.49. The van der Waals surface area contributed by atoms with Crippen molar-refractivity contribution in [2.45, 2.75) is 19.4 Å². The third kappa shape index (κ3) is 3.73. The van der Waals surface area contributed by atoms with Gasteiger partial charge in [0, 0.05) is 11.6 Å². The molecule has 1 saturated heterocycles. The lowest BCUT2D eigenvalue weighted by Gasteiger charge is -2.39. The highest BCUT2D eigenvalue weighted by Gasteiger charge is 2.38. The number of carbonyl (C=O) groups excluding carboxylic acids is 1. The van der Waals surface area contributed by atoms with Crippen molar-refractivity contribution in [1.82, 2.24) is 30.0 Å². The number of amides is 1. The maximum Gasteiger partial charge on any atom is 0.261 e. The molecule has 4 aromatic rings. The summed E-state index contributed by atoms with van der Waals surface area (Å²) in [4.78, 5) is 21.1. The highest BCUT2D eigenvalue weighted by atomic mass is 35.5. The van der Waals surface area contributed by atoms with Crippen LogP contribution in [0.5, 0.6) is 5.75 Å². The Balaban J connectivity index is 1.46. The van der Waals surface area contributed by atoms with Crippen LogP contribution in [-0.2, 0) is 0 Å². The van der Waals surface area contributed by atoms with Crippen LogP contribution in [0.3, 0.4) is 0 Å². The van der Waals surface area contributed by atoms with Gasteiger partial charge >= 0.3 is 0 Å². The van der Waals surface area contributed by atoms with Gasteiger partial charge in [0.15, 0.2) is 5.82 Å². The fourth-order valence-electron chi connectivity index (χ4n) is 3.76. The van der Waals surface area contributed by atoms with Crippen molar-refractivity contribution in [3.63, 3.8) is 0 Å². The van der Waals surface area contributed by atoms with Crippen molar-refractivity contribution >= 4 is 29.1 Å². The Bertz CT molecular complexity index is 1340. The number of hydrogen-bond acceptors (Lipinski definition) is 7. The summed E-state index contributed by atoms with van der Waals surface area (Å²) in [6, 6.07) is 8.37. The van der Waals surface area contributed by atoms with Gasteiger partial charge in [-0.05, 0) is 43.2 Å². The molecule has 1 unspecified atom stereocenters. The number of rotatable bonds is 5. The Morgan fingerprint density at radius 3 is 2.67 bits per heavy atom. The number of halogens is 2. The van der Waals surface area contributed by atoms with E-state index >= 15 is 0 Å². The van der Waals surface area contributed by atoms with Crippen LogP contribution in [0.15, 0.2) is 47.2 Å². The number of methoxy groups -OCH3 is 1. The van der Waals surface area contributed by atoms with Crippen molar-refractivity contribution < 1.29 is 14.1 Å². The van der Waals surface area contributed by atoms with Crippen LogP contribution in [0.2, 0.25) is 10.0 Å². The van der Waals surface area contributed by atoms with E-state index in [-0.39, 0.29) is 17.8 Å². The molecule has 5 rings (SSSR count). The number of likely N-dealkylation sites (tertiary alicyclic amines) is 1. The summed E-state index contributed by atoms with van der Waals surface area (Å²) >= 11 is 12.5. The Morgan fingerprint density at radius 2 is 1.97 bits per heavy atom. The van der Waals surface area contributed by atoms with Gasteiger partial charge in [0.25, 0.3) is 11.8 Å². The molecule has 9 nitrogen and oxygen atoms in total. The lowest BCUT2D eigenvalue weighted by Crippen LogP contribution is -2.46. The van der Waals surface area contributed by atoms with Gasteiger partial charge in [-0.3, -0.25) is 4.79 Å². The molecular formula is C22H18Cl2N6O3. The Morgan fingerprint density at radius 1 is 1.18 bits per heavy atom. The summed E-state index contributed by atoms with van der Waals surface area (Å²) < 4.78 is 10.8. The summed E-state index contributed by atoms with van der Waals surface area (Å²) in [6.07, 6.45) is 3.80. The molecular weight excluding hydrogens is 467 g/mol. The minimum Gasteiger partial charge on any atom is -0.494 e. The topological polar surface area (TPSA) is 99.2 Å². The van der Waals surface area contributed by atoms with E-state index in [0.29, 0.717) is 51.4 Å². The van der Waals surface area contributed by atoms with Gasteiger partial charge < -0.3 is 14.2 Å². The first-order chi connectivity index (χ1) is 16.0. The molecule has 1 fully saturated rings. The van der Waals surface area contributed by atoms with E-state index in [1.165, 1.54) is 11.9 Å². The molecule has 0 radical (unpaired) electrons. The predicted molar refractivity (Wildman–Crippen MR) is 121 cm³/mol. The third-order valence-corrected chi connectivity index (χ3v) is 6.27. The van der Waals surface area contributed by atoms with Crippen molar-refractivity contribution in [1.29, 1.82) is 0 Å². The van der Waals surface area contributed by atoms with Crippen LogP contribution in [-0.4, -0.2) is 49.6 Å². The number of nitrogens with zero attached hydrogens (tertiary/aromatic N) is 6. The normalized spacial score (nSPS) is 15.4. The smallest absolute Gasteiger partial charge is 0.261 e. The van der Waals surface area contributed by atoms with Gasteiger partial charge in [0.05, 0.1) is 47.4 Å². The molecule has 1 aliphatic heterocycles. The van der Waals surface area contributed by atoms with E-state index in [1.54, 1.807) is 47.6 Å². The highest BCUT2D eigenvalue weighted by Crippen LogP contribution is 2.38. The lowest BCUT2D eigenvalue weighted by molar-refractivity contribution is 0.0435. The molecule has 0 saturated carbocycles. The molecule has 1 amide bonds. The van der Waals surface area contributed by atoms with E-state index in [9.17, 15) is 4.79 Å². The Hall–Kier alpha value is -3.43. The molecule has 0 spiro atoms. The first-order valence-electron chi connectivity index (χ1n) is 10.1. The van der Waals surface area contributed by atoms with Crippen LogP contribution >= 0.6 is 23.2 Å². The summed E-state index contributed by atoms with van der Waals surface area (Å²) in [6.45, 7) is 2.41. The molecule has 3 heterocycles. The maximum atomic E-state index is 13.5. The highest BCUT2D eigenvalue weighted by molar-refractivity contribution is 6.32. The van der Waals surface area contributed by atoms with E-state index in [1.807, 2.05) is 6.92 Å². The SMILES string of the molecule is COc1c(Cl)cccc1-c1nc(C2CCN2C(=O)c2cc(Cl)c(C)cc2-n2nccn2)no1. The van der Waals surface area contributed by atoms with Gasteiger partial charge in [-0.2, -0.15) is 20.0 Å². The number of aryl methyl sites for hydroxylation is 1. The minimum atomic E-state index is -0.335. The van der Waals surface area contributed by atoms with Crippen LogP contribution in [0, 0.1) is 6.92 Å². The molecule has 1 atom stereocenters. The second-order valence-electron chi connectivity index (χ2n) is 7.52. The van der Waals surface area contributed by atoms with Crippen LogP contribution in [0.25, 0.3) is 17.1 Å². The number of para-hydroxylation sites is 1. The maximum absolute atomic E-state index is 13.5. The molecule has 168 valence electrons. The number of hydrogen-bond donors (Lipinski definition) is 0. The molecule has 2 aromatic carbocycles. The Kier molecular flexibility index (Phi) is 5.51. The summed E-state index contributed by atoms with van der Waals surface area (Å²) in [5.74, 6) is 0.903. The average Bonchev–Trinajstić information content (AvgIpc) is 3.47.